The minimum atomic E-state index is -0.0479. The van der Waals surface area contributed by atoms with Gasteiger partial charge >= 0.3 is 0 Å². The Morgan fingerprint density at radius 3 is 2.79 bits per heavy atom. The van der Waals surface area contributed by atoms with E-state index in [0.29, 0.717) is 35.6 Å². The van der Waals surface area contributed by atoms with Crippen LogP contribution in [-0.4, -0.2) is 38.7 Å². The zero-order chi connectivity index (χ0) is 19.7. The van der Waals surface area contributed by atoms with Crippen LogP contribution in [0.3, 0.4) is 0 Å². The van der Waals surface area contributed by atoms with E-state index in [2.05, 4.69) is 25.7 Å². The van der Waals surface area contributed by atoms with E-state index in [1.54, 1.807) is 10.7 Å². The molecule has 0 spiro atoms. The van der Waals surface area contributed by atoms with Gasteiger partial charge in [-0.3, -0.25) is 4.79 Å². The van der Waals surface area contributed by atoms with E-state index in [4.69, 9.17) is 4.42 Å². The highest BCUT2D eigenvalue weighted by Gasteiger charge is 2.19. The fourth-order valence-electron chi connectivity index (χ4n) is 3.48. The minimum absolute atomic E-state index is 0.0479. The second-order valence-corrected chi connectivity index (χ2v) is 7.30. The number of rotatable bonds is 5. The number of anilines is 1. The standard InChI is InChI=1S/C20H24N6O2/c1-12-8-13(2)26(25-12)18-10-17(22-19(27)9-15-6-7-21-11-15)23-20(24-18)16-5-4-14(3)28-16/h4-5,8,10,15,21H,6-7,9,11H2,1-3H3,(H,22,23,24,27)/t15-/m1/s1. The van der Waals surface area contributed by atoms with Crippen molar-refractivity contribution < 1.29 is 9.21 Å². The van der Waals surface area contributed by atoms with E-state index >= 15 is 0 Å². The van der Waals surface area contributed by atoms with Crippen LogP contribution >= 0.6 is 0 Å². The van der Waals surface area contributed by atoms with Crippen molar-refractivity contribution in [3.05, 3.63) is 41.4 Å². The number of aryl methyl sites for hydroxylation is 3. The van der Waals surface area contributed by atoms with Crippen molar-refractivity contribution in [2.75, 3.05) is 18.4 Å². The zero-order valence-electron chi connectivity index (χ0n) is 16.3. The molecule has 146 valence electrons. The summed E-state index contributed by atoms with van der Waals surface area (Å²) in [6, 6.07) is 7.40. The normalized spacial score (nSPS) is 16.5. The number of nitrogens with one attached hydrogen (secondary N) is 2. The van der Waals surface area contributed by atoms with Gasteiger partial charge in [-0.15, -0.1) is 0 Å². The number of amides is 1. The molecule has 1 aliphatic rings. The molecule has 0 bridgehead atoms. The van der Waals surface area contributed by atoms with Gasteiger partial charge in [0.05, 0.1) is 5.69 Å². The molecular formula is C20H24N6O2. The van der Waals surface area contributed by atoms with Crippen LogP contribution in [0.5, 0.6) is 0 Å². The lowest BCUT2D eigenvalue weighted by Gasteiger charge is -2.11. The molecule has 4 heterocycles. The van der Waals surface area contributed by atoms with Gasteiger partial charge < -0.3 is 15.1 Å². The Morgan fingerprint density at radius 2 is 2.14 bits per heavy atom. The van der Waals surface area contributed by atoms with Gasteiger partial charge in [0.2, 0.25) is 5.91 Å². The summed E-state index contributed by atoms with van der Waals surface area (Å²) in [5.74, 6) is 3.08. The van der Waals surface area contributed by atoms with Crippen molar-refractivity contribution in [3.63, 3.8) is 0 Å². The molecule has 0 saturated carbocycles. The van der Waals surface area contributed by atoms with Crippen molar-refractivity contribution in [2.45, 2.75) is 33.6 Å². The molecule has 0 unspecified atom stereocenters. The molecule has 8 heteroatoms. The number of carbonyl (C=O) groups is 1. The lowest BCUT2D eigenvalue weighted by Crippen LogP contribution is -2.19. The Bertz CT molecular complexity index is 1000. The second kappa shape index (κ2) is 7.55. The van der Waals surface area contributed by atoms with E-state index in [1.807, 2.05) is 39.0 Å². The first kappa shape index (κ1) is 18.4. The fourth-order valence-corrected chi connectivity index (χ4v) is 3.48. The number of hydrogen-bond donors (Lipinski definition) is 2. The molecule has 28 heavy (non-hydrogen) atoms. The fraction of sp³-hybridized carbons (Fsp3) is 0.400. The predicted molar refractivity (Wildman–Crippen MR) is 105 cm³/mol. The highest BCUT2D eigenvalue weighted by atomic mass is 16.3. The number of hydrogen-bond acceptors (Lipinski definition) is 6. The molecule has 1 saturated heterocycles. The summed E-state index contributed by atoms with van der Waals surface area (Å²) in [7, 11) is 0. The average molecular weight is 380 g/mol. The highest BCUT2D eigenvalue weighted by molar-refractivity contribution is 5.90. The quantitative estimate of drug-likeness (QED) is 0.706. The number of carbonyl (C=O) groups excluding carboxylic acids is 1. The van der Waals surface area contributed by atoms with Gasteiger partial charge in [0.15, 0.2) is 17.4 Å². The largest absolute Gasteiger partial charge is 0.458 e. The summed E-state index contributed by atoms with van der Waals surface area (Å²) in [4.78, 5) is 21.6. The Hall–Kier alpha value is -3.00. The van der Waals surface area contributed by atoms with Crippen molar-refractivity contribution in [1.29, 1.82) is 0 Å². The molecule has 0 aromatic carbocycles. The molecule has 0 radical (unpaired) electrons. The first-order valence-corrected chi connectivity index (χ1v) is 9.48. The molecular weight excluding hydrogens is 356 g/mol. The Balaban J connectivity index is 1.67. The molecule has 0 aliphatic carbocycles. The zero-order valence-corrected chi connectivity index (χ0v) is 16.3. The van der Waals surface area contributed by atoms with E-state index in [1.165, 1.54) is 0 Å². The topological polar surface area (TPSA) is 97.9 Å². The van der Waals surface area contributed by atoms with Crippen LogP contribution in [0.15, 0.2) is 28.7 Å². The third-order valence-corrected chi connectivity index (χ3v) is 4.80. The first-order valence-electron chi connectivity index (χ1n) is 9.48. The maximum Gasteiger partial charge on any atom is 0.225 e. The van der Waals surface area contributed by atoms with Gasteiger partial charge in [0, 0.05) is 18.2 Å². The monoisotopic (exact) mass is 380 g/mol. The van der Waals surface area contributed by atoms with E-state index in [-0.39, 0.29) is 5.91 Å². The van der Waals surface area contributed by atoms with Crippen molar-refractivity contribution in [1.82, 2.24) is 25.1 Å². The smallest absolute Gasteiger partial charge is 0.225 e. The van der Waals surface area contributed by atoms with Crippen LogP contribution in [0.25, 0.3) is 17.4 Å². The van der Waals surface area contributed by atoms with Gasteiger partial charge in [0.1, 0.15) is 11.6 Å². The minimum Gasteiger partial charge on any atom is -0.458 e. The molecule has 1 aliphatic heterocycles. The van der Waals surface area contributed by atoms with E-state index in [0.717, 1.165) is 36.7 Å². The molecule has 8 nitrogen and oxygen atoms in total. The number of nitrogens with zero attached hydrogens (tertiary/aromatic N) is 4. The lowest BCUT2D eigenvalue weighted by atomic mass is 10.0. The predicted octanol–water partition coefficient (Wildman–Crippen LogP) is 2.79. The van der Waals surface area contributed by atoms with Gasteiger partial charge in [-0.25, -0.2) is 14.6 Å². The summed E-state index contributed by atoms with van der Waals surface area (Å²) in [5.41, 5.74) is 1.85. The van der Waals surface area contributed by atoms with Crippen molar-refractivity contribution in [3.8, 4) is 17.4 Å². The number of aromatic nitrogens is 4. The van der Waals surface area contributed by atoms with Crippen LogP contribution in [0.2, 0.25) is 0 Å². The third-order valence-electron chi connectivity index (χ3n) is 4.80. The van der Waals surface area contributed by atoms with Crippen LogP contribution in [0.4, 0.5) is 5.82 Å². The van der Waals surface area contributed by atoms with Crippen LogP contribution in [-0.2, 0) is 4.79 Å². The lowest BCUT2D eigenvalue weighted by molar-refractivity contribution is -0.117. The van der Waals surface area contributed by atoms with Crippen molar-refractivity contribution >= 4 is 11.7 Å². The second-order valence-electron chi connectivity index (χ2n) is 7.30. The first-order chi connectivity index (χ1) is 13.5. The van der Waals surface area contributed by atoms with Gasteiger partial charge in [-0.1, -0.05) is 0 Å². The molecule has 1 fully saturated rings. The SMILES string of the molecule is Cc1cc(C)n(-c2cc(NC(=O)C[C@H]3CCNC3)nc(-c3ccc(C)o3)n2)n1. The summed E-state index contributed by atoms with van der Waals surface area (Å²) < 4.78 is 7.43. The summed E-state index contributed by atoms with van der Waals surface area (Å²) >= 11 is 0. The van der Waals surface area contributed by atoms with Gasteiger partial charge in [-0.05, 0) is 64.4 Å². The summed E-state index contributed by atoms with van der Waals surface area (Å²) in [6.07, 6.45) is 1.49. The van der Waals surface area contributed by atoms with Gasteiger partial charge in [0.25, 0.3) is 0 Å². The number of furan rings is 1. The highest BCUT2D eigenvalue weighted by Crippen LogP contribution is 2.23. The molecule has 2 N–H and O–H groups in total. The van der Waals surface area contributed by atoms with Crippen molar-refractivity contribution in [2.24, 2.45) is 5.92 Å². The molecule has 3 aromatic rings. The maximum absolute atomic E-state index is 12.5. The molecule has 3 aromatic heterocycles. The average Bonchev–Trinajstić information content (AvgIpc) is 3.37. The summed E-state index contributed by atoms with van der Waals surface area (Å²) in [5, 5.41) is 10.7. The molecule has 1 atom stereocenters. The summed E-state index contributed by atoms with van der Waals surface area (Å²) in [6.45, 7) is 7.61. The van der Waals surface area contributed by atoms with E-state index in [9.17, 15) is 4.79 Å². The van der Waals surface area contributed by atoms with Gasteiger partial charge in [-0.2, -0.15) is 5.10 Å². The third kappa shape index (κ3) is 3.96. The molecule has 4 rings (SSSR count). The Morgan fingerprint density at radius 1 is 1.29 bits per heavy atom. The Kier molecular flexibility index (Phi) is 4.95. The van der Waals surface area contributed by atoms with E-state index < -0.39 is 0 Å². The Labute approximate surface area is 163 Å². The maximum atomic E-state index is 12.5. The van der Waals surface area contributed by atoms with Crippen LogP contribution in [0, 0.1) is 26.7 Å². The van der Waals surface area contributed by atoms with Crippen LogP contribution < -0.4 is 10.6 Å². The van der Waals surface area contributed by atoms with Crippen LogP contribution in [0.1, 0.15) is 30.0 Å². The molecule has 1 amide bonds.